The normalized spacial score (nSPS) is 21.5. The van der Waals surface area contributed by atoms with Crippen molar-refractivity contribution in [1.82, 2.24) is 5.16 Å². The number of hydrogen-bond donors (Lipinski definition) is 1. The van der Waals surface area contributed by atoms with Crippen molar-refractivity contribution in [2.45, 2.75) is 32.1 Å². The van der Waals surface area contributed by atoms with Gasteiger partial charge in [-0.3, -0.25) is 0 Å². The summed E-state index contributed by atoms with van der Waals surface area (Å²) in [5.41, 5.74) is 6.87. The van der Waals surface area contributed by atoms with Gasteiger partial charge in [0.25, 0.3) is 0 Å². The van der Waals surface area contributed by atoms with Crippen molar-refractivity contribution in [3.8, 4) is 0 Å². The molecule has 3 nitrogen and oxygen atoms in total. The molecule has 1 unspecified atom stereocenters. The molecule has 1 aliphatic rings. The van der Waals surface area contributed by atoms with Gasteiger partial charge in [-0.05, 0) is 25.7 Å². The summed E-state index contributed by atoms with van der Waals surface area (Å²) >= 11 is 0. The zero-order valence-electron chi connectivity index (χ0n) is 8.21. The Hall–Kier alpha value is -0.830. The summed E-state index contributed by atoms with van der Waals surface area (Å²) in [5, 5.41) is 4.06. The minimum Gasteiger partial charge on any atom is -0.361 e. The molecule has 1 aliphatic carbocycles. The van der Waals surface area contributed by atoms with E-state index >= 15 is 0 Å². The molecule has 0 saturated heterocycles. The van der Waals surface area contributed by atoms with Crippen LogP contribution in [-0.2, 0) is 5.41 Å². The molecule has 1 saturated carbocycles. The minimum atomic E-state index is 0.0394. The second-order valence-electron chi connectivity index (χ2n) is 4.22. The summed E-state index contributed by atoms with van der Waals surface area (Å²) in [6.07, 6.45) is 2.55. The minimum absolute atomic E-state index is 0.0394. The molecule has 0 amide bonds. The van der Waals surface area contributed by atoms with E-state index < -0.39 is 0 Å². The average molecular weight is 180 g/mol. The van der Waals surface area contributed by atoms with Crippen LogP contribution in [0.25, 0.3) is 0 Å². The van der Waals surface area contributed by atoms with Gasteiger partial charge in [0, 0.05) is 18.0 Å². The first-order valence-corrected chi connectivity index (χ1v) is 4.80. The molecular formula is C10H16N2O. The Labute approximate surface area is 78.3 Å². The van der Waals surface area contributed by atoms with Crippen LogP contribution in [0.15, 0.2) is 10.6 Å². The lowest BCUT2D eigenvalue weighted by Gasteiger charge is -2.24. The van der Waals surface area contributed by atoms with Gasteiger partial charge in [0.1, 0.15) is 5.76 Å². The molecule has 1 fully saturated rings. The predicted molar refractivity (Wildman–Crippen MR) is 50.4 cm³/mol. The van der Waals surface area contributed by atoms with E-state index in [0.717, 1.165) is 11.5 Å². The average Bonchev–Trinajstić information content (AvgIpc) is 2.89. The second kappa shape index (κ2) is 2.84. The number of aryl methyl sites for hydroxylation is 1. The fourth-order valence-corrected chi connectivity index (χ4v) is 1.84. The van der Waals surface area contributed by atoms with Crippen molar-refractivity contribution in [1.29, 1.82) is 0 Å². The summed E-state index contributed by atoms with van der Waals surface area (Å²) in [7, 11) is 0. The molecule has 0 aliphatic heterocycles. The van der Waals surface area contributed by atoms with E-state index in [1.165, 1.54) is 12.8 Å². The molecule has 0 radical (unpaired) electrons. The van der Waals surface area contributed by atoms with Crippen LogP contribution < -0.4 is 5.73 Å². The van der Waals surface area contributed by atoms with Crippen LogP contribution in [0.5, 0.6) is 0 Å². The Morgan fingerprint density at radius 1 is 1.69 bits per heavy atom. The summed E-state index contributed by atoms with van der Waals surface area (Å²) in [4.78, 5) is 0. The summed E-state index contributed by atoms with van der Waals surface area (Å²) in [6, 6.07) is 2.01. The van der Waals surface area contributed by atoms with Gasteiger partial charge in [-0.25, -0.2) is 0 Å². The highest BCUT2D eigenvalue weighted by Crippen LogP contribution is 2.46. The van der Waals surface area contributed by atoms with E-state index in [0.29, 0.717) is 12.5 Å². The Bertz CT molecular complexity index is 304. The molecule has 0 spiro atoms. The van der Waals surface area contributed by atoms with Crippen molar-refractivity contribution >= 4 is 0 Å². The summed E-state index contributed by atoms with van der Waals surface area (Å²) < 4.78 is 5.08. The maximum absolute atomic E-state index is 5.81. The lowest BCUT2D eigenvalue weighted by Crippen LogP contribution is -2.34. The van der Waals surface area contributed by atoms with E-state index in [2.05, 4.69) is 12.1 Å². The first-order chi connectivity index (χ1) is 6.16. The van der Waals surface area contributed by atoms with Gasteiger partial charge in [-0.1, -0.05) is 12.1 Å². The molecule has 2 rings (SSSR count). The first kappa shape index (κ1) is 8.75. The third-order valence-corrected chi connectivity index (χ3v) is 3.12. The highest BCUT2D eigenvalue weighted by atomic mass is 16.5. The third kappa shape index (κ3) is 1.37. The van der Waals surface area contributed by atoms with Gasteiger partial charge >= 0.3 is 0 Å². The van der Waals surface area contributed by atoms with E-state index in [9.17, 15) is 0 Å². The predicted octanol–water partition coefficient (Wildman–Crippen LogP) is 1.61. The number of hydrogen-bond acceptors (Lipinski definition) is 3. The Morgan fingerprint density at radius 2 is 2.38 bits per heavy atom. The molecule has 1 aromatic rings. The molecule has 3 heteroatoms. The molecule has 13 heavy (non-hydrogen) atoms. The number of nitrogens with zero attached hydrogens (tertiary/aromatic N) is 1. The van der Waals surface area contributed by atoms with E-state index in [-0.39, 0.29) is 5.41 Å². The van der Waals surface area contributed by atoms with E-state index in [1.807, 2.05) is 13.0 Å². The van der Waals surface area contributed by atoms with Crippen molar-refractivity contribution < 1.29 is 4.52 Å². The summed E-state index contributed by atoms with van der Waals surface area (Å²) in [6.45, 7) is 4.76. The Morgan fingerprint density at radius 3 is 2.77 bits per heavy atom. The SMILES string of the molecule is Cc1cc(C(C)(CN)C2CC2)no1. The van der Waals surface area contributed by atoms with Gasteiger partial charge in [0.2, 0.25) is 0 Å². The standard InChI is InChI=1S/C10H16N2O/c1-7-5-9(12-13-7)10(2,6-11)8-3-4-8/h5,8H,3-4,6,11H2,1-2H3. The van der Waals surface area contributed by atoms with Crippen molar-refractivity contribution in [2.75, 3.05) is 6.54 Å². The highest BCUT2D eigenvalue weighted by Gasteiger charge is 2.43. The molecular weight excluding hydrogens is 164 g/mol. The zero-order valence-corrected chi connectivity index (χ0v) is 8.21. The molecule has 1 atom stereocenters. The molecule has 2 N–H and O–H groups in total. The number of aromatic nitrogens is 1. The Kier molecular flexibility index (Phi) is 1.91. The van der Waals surface area contributed by atoms with Gasteiger partial charge < -0.3 is 10.3 Å². The number of rotatable bonds is 3. The third-order valence-electron chi connectivity index (χ3n) is 3.12. The van der Waals surface area contributed by atoms with Crippen LogP contribution in [0.2, 0.25) is 0 Å². The first-order valence-electron chi connectivity index (χ1n) is 4.80. The second-order valence-corrected chi connectivity index (χ2v) is 4.22. The fourth-order valence-electron chi connectivity index (χ4n) is 1.84. The van der Waals surface area contributed by atoms with Crippen LogP contribution in [0, 0.1) is 12.8 Å². The molecule has 1 aromatic heterocycles. The van der Waals surface area contributed by atoms with Crippen LogP contribution in [-0.4, -0.2) is 11.7 Å². The summed E-state index contributed by atoms with van der Waals surface area (Å²) in [5.74, 6) is 1.58. The highest BCUT2D eigenvalue weighted by molar-refractivity contribution is 5.20. The van der Waals surface area contributed by atoms with Crippen molar-refractivity contribution in [3.63, 3.8) is 0 Å². The Balaban J connectivity index is 2.29. The lowest BCUT2D eigenvalue weighted by atomic mass is 9.81. The largest absolute Gasteiger partial charge is 0.361 e. The van der Waals surface area contributed by atoms with Crippen molar-refractivity contribution in [2.24, 2.45) is 11.7 Å². The van der Waals surface area contributed by atoms with Gasteiger partial charge in [-0.15, -0.1) is 0 Å². The van der Waals surface area contributed by atoms with Gasteiger partial charge in [0.15, 0.2) is 0 Å². The van der Waals surface area contributed by atoms with E-state index in [1.54, 1.807) is 0 Å². The molecule has 72 valence electrons. The smallest absolute Gasteiger partial charge is 0.133 e. The van der Waals surface area contributed by atoms with Gasteiger partial charge in [0.05, 0.1) is 5.69 Å². The van der Waals surface area contributed by atoms with Gasteiger partial charge in [-0.2, -0.15) is 0 Å². The fraction of sp³-hybridized carbons (Fsp3) is 0.700. The zero-order chi connectivity index (χ0) is 9.47. The van der Waals surface area contributed by atoms with Crippen LogP contribution in [0.1, 0.15) is 31.2 Å². The van der Waals surface area contributed by atoms with Crippen molar-refractivity contribution in [3.05, 3.63) is 17.5 Å². The lowest BCUT2D eigenvalue weighted by molar-refractivity contribution is 0.345. The topological polar surface area (TPSA) is 52.0 Å². The molecule has 0 bridgehead atoms. The molecule has 0 aromatic carbocycles. The van der Waals surface area contributed by atoms with Crippen LogP contribution in [0.3, 0.4) is 0 Å². The molecule has 1 heterocycles. The van der Waals surface area contributed by atoms with Crippen LogP contribution >= 0.6 is 0 Å². The monoisotopic (exact) mass is 180 g/mol. The maximum atomic E-state index is 5.81. The van der Waals surface area contributed by atoms with E-state index in [4.69, 9.17) is 10.3 Å². The quantitative estimate of drug-likeness (QED) is 0.768. The van der Waals surface area contributed by atoms with Crippen LogP contribution in [0.4, 0.5) is 0 Å². The number of nitrogens with two attached hydrogens (primary N) is 1. The maximum Gasteiger partial charge on any atom is 0.133 e.